The number of carbonyl (C=O) groups excluding carboxylic acids is 1. The topological polar surface area (TPSA) is 42.9 Å². The average molecular weight is 426 g/mol. The van der Waals surface area contributed by atoms with Crippen molar-refractivity contribution in [2.75, 3.05) is 6.16 Å². The third-order valence-corrected chi connectivity index (χ3v) is 2.31. The highest BCUT2D eigenvalue weighted by molar-refractivity contribution is 14.0. The molecule has 0 saturated heterocycles. The Morgan fingerprint density at radius 1 is 1.00 bits per heavy atom. The van der Waals surface area contributed by atoms with Gasteiger partial charge in [0, 0.05) is 17.8 Å². The molecule has 22 heavy (non-hydrogen) atoms. The highest BCUT2D eigenvalue weighted by atomic mass is 127. The minimum absolute atomic E-state index is 0. The van der Waals surface area contributed by atoms with Crippen molar-refractivity contribution >= 4 is 50.4 Å². The molecule has 0 saturated carbocycles. The van der Waals surface area contributed by atoms with Crippen molar-refractivity contribution in [3.63, 3.8) is 0 Å². The summed E-state index contributed by atoms with van der Waals surface area (Å²) in [7, 11) is 2.58. The third kappa shape index (κ3) is 8.15. The van der Waals surface area contributed by atoms with E-state index in [1.54, 1.807) is 18.5 Å². The summed E-state index contributed by atoms with van der Waals surface area (Å²) in [6.07, 6.45) is 5.42. The Morgan fingerprint density at radius 3 is 2.14 bits per heavy atom. The van der Waals surface area contributed by atoms with Gasteiger partial charge in [-0.15, -0.1) is 33.2 Å². The maximum absolute atomic E-state index is 10.4. The lowest BCUT2D eigenvalue weighted by molar-refractivity contribution is 0.111. The van der Waals surface area contributed by atoms with E-state index >= 15 is 0 Å². The summed E-state index contributed by atoms with van der Waals surface area (Å²) < 4.78 is 0. The summed E-state index contributed by atoms with van der Waals surface area (Å²) in [6.45, 7) is 2.09. The molecule has 0 aliphatic heterocycles. The Morgan fingerprint density at radius 2 is 1.64 bits per heavy atom. The second-order valence-electron chi connectivity index (χ2n) is 3.98. The monoisotopic (exact) mass is 426 g/mol. The molecule has 1 atom stereocenters. The summed E-state index contributed by atoms with van der Waals surface area (Å²) in [6, 6.07) is 17.0. The number of hydrogen-bond donors (Lipinski definition) is 0. The van der Waals surface area contributed by atoms with E-state index in [0.29, 0.717) is 5.69 Å². The van der Waals surface area contributed by atoms with Crippen LogP contribution < -0.4 is 0 Å². The molecular weight excluding hydrogens is 406 g/mol. The van der Waals surface area contributed by atoms with Gasteiger partial charge in [-0.1, -0.05) is 37.3 Å². The second-order valence-corrected chi connectivity index (χ2v) is 4.80. The summed E-state index contributed by atoms with van der Waals surface area (Å²) >= 11 is 0. The van der Waals surface area contributed by atoms with Gasteiger partial charge in [0.2, 0.25) is 0 Å². The summed E-state index contributed by atoms with van der Waals surface area (Å²) in [5.74, 6) is 0. The molecule has 1 unspecified atom stereocenters. The quantitative estimate of drug-likeness (QED) is 0.324. The van der Waals surface area contributed by atoms with E-state index in [-0.39, 0.29) is 24.0 Å². The van der Waals surface area contributed by atoms with Gasteiger partial charge in [-0.2, -0.15) is 0 Å². The molecule has 3 nitrogen and oxygen atoms in total. The Hall–Kier alpha value is -1.39. The van der Waals surface area contributed by atoms with Crippen LogP contribution in [0.1, 0.15) is 17.4 Å². The fourth-order valence-electron chi connectivity index (χ4n) is 1.46. The van der Waals surface area contributed by atoms with Crippen LogP contribution in [0.25, 0.3) is 10.9 Å². The van der Waals surface area contributed by atoms with E-state index in [1.165, 1.54) is 6.16 Å². The van der Waals surface area contributed by atoms with Gasteiger partial charge >= 0.3 is 0 Å². The maximum Gasteiger partial charge on any atom is 0.168 e. The lowest BCUT2D eigenvalue weighted by Gasteiger charge is -1.95. The Bertz CT molecular complexity index is 624. The molecule has 1 aromatic carbocycles. The summed E-state index contributed by atoms with van der Waals surface area (Å²) in [5.41, 5.74) is 1.34. The average Bonchev–Trinajstić information content (AvgIpc) is 2.57. The van der Waals surface area contributed by atoms with Crippen molar-refractivity contribution in [2.24, 2.45) is 0 Å². The highest BCUT2D eigenvalue weighted by Crippen LogP contribution is 2.10. The maximum atomic E-state index is 10.4. The van der Waals surface area contributed by atoms with Crippen LogP contribution in [-0.4, -0.2) is 22.4 Å². The number of halogens is 1. The molecule has 0 aliphatic carbocycles. The van der Waals surface area contributed by atoms with Gasteiger partial charge in [-0.25, -0.2) is 4.98 Å². The molecule has 3 rings (SSSR count). The zero-order valence-corrected chi connectivity index (χ0v) is 15.9. The van der Waals surface area contributed by atoms with E-state index in [1.807, 2.05) is 48.5 Å². The van der Waals surface area contributed by atoms with Crippen molar-refractivity contribution in [3.05, 3.63) is 72.7 Å². The molecule has 0 aliphatic rings. The zero-order valence-electron chi connectivity index (χ0n) is 12.4. The van der Waals surface area contributed by atoms with E-state index < -0.39 is 0 Å². The Kier molecular flexibility index (Phi) is 12.4. The first-order valence-electron chi connectivity index (χ1n) is 6.67. The van der Waals surface area contributed by atoms with Gasteiger partial charge in [0.05, 0.1) is 5.52 Å². The minimum Gasteiger partial charge on any atom is -0.296 e. The SMILES string of the molecule is CCP.I.O=Cc1ccc2ccccc2n1.c1ccncc1. The molecule has 0 bridgehead atoms. The van der Waals surface area contributed by atoms with Gasteiger partial charge in [0.25, 0.3) is 0 Å². The molecule has 0 spiro atoms. The highest BCUT2D eigenvalue weighted by Gasteiger charge is 1.94. The first-order chi connectivity index (χ1) is 10.3. The number of aromatic nitrogens is 2. The zero-order chi connectivity index (χ0) is 15.3. The molecule has 0 radical (unpaired) electrons. The number of hydrogen-bond acceptors (Lipinski definition) is 3. The van der Waals surface area contributed by atoms with Crippen molar-refractivity contribution in [3.8, 4) is 0 Å². The number of benzene rings is 1. The Balaban J connectivity index is 0.000000374. The first-order valence-corrected chi connectivity index (χ1v) is 7.49. The van der Waals surface area contributed by atoms with Crippen molar-refractivity contribution in [2.45, 2.75) is 6.92 Å². The van der Waals surface area contributed by atoms with Crippen LogP contribution in [0.2, 0.25) is 0 Å². The van der Waals surface area contributed by atoms with Crippen molar-refractivity contribution < 1.29 is 4.79 Å². The molecule has 3 aromatic rings. The van der Waals surface area contributed by atoms with Crippen LogP contribution in [0.4, 0.5) is 0 Å². The number of aldehydes is 1. The number of rotatable bonds is 1. The van der Waals surface area contributed by atoms with E-state index in [4.69, 9.17) is 0 Å². The fraction of sp³-hybridized carbons (Fsp3) is 0.118. The molecule has 116 valence electrons. The summed E-state index contributed by atoms with van der Waals surface area (Å²) in [5, 5.41) is 1.06. The van der Waals surface area contributed by atoms with Crippen LogP contribution in [-0.2, 0) is 0 Å². The van der Waals surface area contributed by atoms with Crippen LogP contribution in [0.15, 0.2) is 67.0 Å². The molecule has 2 aromatic heterocycles. The van der Waals surface area contributed by atoms with Gasteiger partial charge in [0.1, 0.15) is 5.69 Å². The second kappa shape index (κ2) is 13.3. The van der Waals surface area contributed by atoms with Crippen LogP contribution in [0, 0.1) is 0 Å². The summed E-state index contributed by atoms with van der Waals surface area (Å²) in [4.78, 5) is 18.3. The molecule has 5 heteroatoms. The van der Waals surface area contributed by atoms with E-state index in [9.17, 15) is 4.79 Å². The molecular formula is C17H20IN2OP. The minimum atomic E-state index is 0. The number of carbonyl (C=O) groups is 1. The normalized spacial score (nSPS) is 8.45. The smallest absolute Gasteiger partial charge is 0.168 e. The number of pyridine rings is 2. The Labute approximate surface area is 150 Å². The van der Waals surface area contributed by atoms with Gasteiger partial charge < -0.3 is 0 Å². The molecule has 2 heterocycles. The molecule has 0 amide bonds. The first kappa shape index (κ1) is 20.6. The van der Waals surface area contributed by atoms with Gasteiger partial charge in [-0.3, -0.25) is 9.78 Å². The van der Waals surface area contributed by atoms with Gasteiger partial charge in [0.15, 0.2) is 6.29 Å². The fourth-order valence-corrected chi connectivity index (χ4v) is 1.46. The predicted molar refractivity (Wildman–Crippen MR) is 107 cm³/mol. The number of para-hydroxylation sites is 1. The predicted octanol–water partition coefficient (Wildman–Crippen LogP) is 4.63. The van der Waals surface area contributed by atoms with Crippen molar-refractivity contribution in [1.82, 2.24) is 9.97 Å². The van der Waals surface area contributed by atoms with Crippen LogP contribution in [0.5, 0.6) is 0 Å². The van der Waals surface area contributed by atoms with Crippen LogP contribution in [0.3, 0.4) is 0 Å². The lowest BCUT2D eigenvalue weighted by Crippen LogP contribution is -1.85. The largest absolute Gasteiger partial charge is 0.296 e. The standard InChI is InChI=1S/C10H7NO.C5H5N.C2H7P.HI/c12-7-9-6-5-8-3-1-2-4-10(8)11-9;1-2-4-6-5-3-1;1-2-3;/h1-7H;1-5H;2-3H2,1H3;1H. The van der Waals surface area contributed by atoms with E-state index in [0.717, 1.165) is 17.2 Å². The molecule has 0 fully saturated rings. The third-order valence-electron chi connectivity index (χ3n) is 2.31. The molecule has 0 N–H and O–H groups in total. The van der Waals surface area contributed by atoms with Crippen LogP contribution >= 0.6 is 33.2 Å². The lowest BCUT2D eigenvalue weighted by atomic mass is 10.2. The van der Waals surface area contributed by atoms with Crippen molar-refractivity contribution in [1.29, 1.82) is 0 Å². The van der Waals surface area contributed by atoms with Gasteiger partial charge in [-0.05, 0) is 30.4 Å². The van der Waals surface area contributed by atoms with E-state index in [2.05, 4.69) is 26.1 Å². The number of fused-ring (bicyclic) bond motifs is 1. The number of nitrogens with zero attached hydrogens (tertiary/aromatic N) is 2.